The Bertz CT molecular complexity index is 1080. The van der Waals surface area contributed by atoms with Gasteiger partial charge in [-0.3, -0.25) is 23.9 Å². The zero-order valence-corrected chi connectivity index (χ0v) is 24.3. The summed E-state index contributed by atoms with van der Waals surface area (Å²) in [6.45, 7) is 17.3. The second-order valence-corrected chi connectivity index (χ2v) is 11.3. The van der Waals surface area contributed by atoms with Gasteiger partial charge in [-0.1, -0.05) is 45.6 Å². The van der Waals surface area contributed by atoms with Gasteiger partial charge in [0, 0.05) is 38.7 Å². The molecule has 10 nitrogen and oxygen atoms in total. The average Bonchev–Trinajstić information content (AvgIpc) is 3.15. The van der Waals surface area contributed by atoms with Crippen molar-refractivity contribution in [3.05, 3.63) is 36.5 Å². The summed E-state index contributed by atoms with van der Waals surface area (Å²) in [5.74, 6) is -3.23. The summed E-state index contributed by atoms with van der Waals surface area (Å²) in [4.78, 5) is 49.3. The summed E-state index contributed by atoms with van der Waals surface area (Å²) in [6, 6.07) is 0. The molecule has 2 unspecified atom stereocenters. The molecule has 0 radical (unpaired) electrons. The third kappa shape index (κ3) is 5.74. The fourth-order valence-corrected chi connectivity index (χ4v) is 6.82. The van der Waals surface area contributed by atoms with E-state index in [-0.39, 0.29) is 18.8 Å². The molecule has 2 aliphatic carbocycles. The second-order valence-electron chi connectivity index (χ2n) is 11.3. The molecule has 0 amide bonds. The number of carbonyl (C=O) groups is 4. The Morgan fingerprint density at radius 3 is 2.25 bits per heavy atom. The van der Waals surface area contributed by atoms with Gasteiger partial charge in [-0.15, -0.1) is 0 Å². The largest absolute Gasteiger partial charge is 0.459 e. The van der Waals surface area contributed by atoms with Gasteiger partial charge in [0.05, 0.1) is 5.41 Å². The molecule has 1 saturated carbocycles. The number of carbonyl (C=O) groups excluding carboxylic acids is 4. The molecule has 0 bridgehead atoms. The van der Waals surface area contributed by atoms with Crippen LogP contribution in [0.2, 0.25) is 0 Å². The first-order valence-electron chi connectivity index (χ1n) is 13.8. The highest BCUT2D eigenvalue weighted by Crippen LogP contribution is 2.67. The van der Waals surface area contributed by atoms with Crippen LogP contribution in [0.3, 0.4) is 0 Å². The van der Waals surface area contributed by atoms with Gasteiger partial charge in [0.25, 0.3) is 0 Å². The van der Waals surface area contributed by atoms with Crippen molar-refractivity contribution in [1.29, 1.82) is 0 Å². The average molecular weight is 563 g/mol. The van der Waals surface area contributed by atoms with Crippen LogP contribution >= 0.6 is 0 Å². The minimum atomic E-state index is -1.48. The summed E-state index contributed by atoms with van der Waals surface area (Å²) < 4.78 is 28.8. The Hall–Kier alpha value is -2.98. The predicted molar refractivity (Wildman–Crippen MR) is 143 cm³/mol. The topological polar surface area (TPSA) is 135 Å². The van der Waals surface area contributed by atoms with Gasteiger partial charge >= 0.3 is 23.9 Å². The Morgan fingerprint density at radius 2 is 1.70 bits per heavy atom. The van der Waals surface area contributed by atoms with Crippen molar-refractivity contribution < 1.29 is 48.0 Å². The Labute approximate surface area is 235 Å². The summed E-state index contributed by atoms with van der Waals surface area (Å²) in [5, 5.41) is 12.1. The number of aliphatic hydroxyl groups is 1. The molecule has 40 heavy (non-hydrogen) atoms. The molecule has 222 valence electrons. The smallest absolute Gasteiger partial charge is 0.306 e. The standard InChI is InChI=1S/C30H42O10/c1-9-11-24(34)39-21-14-22-27(37-19(6)32)40-28(38-20(7)33)30(22)23(15-21)29(8,13-12-16(3)10-2)17(4)25(26(30)35)36-18(5)31/h10,14,17,21,23,25-28,35H,2-3,9,11-13,15H2,1,4-8H3/t17-,21+,23+,25+,26?,27+,28-,29-,30?/m0/s1. The van der Waals surface area contributed by atoms with Crippen LogP contribution in [-0.2, 0) is 42.9 Å². The van der Waals surface area contributed by atoms with E-state index >= 15 is 0 Å². The highest BCUT2D eigenvalue weighted by molar-refractivity contribution is 5.70. The van der Waals surface area contributed by atoms with Gasteiger partial charge in [-0.05, 0) is 43.1 Å². The lowest BCUT2D eigenvalue weighted by atomic mass is 9.44. The first-order chi connectivity index (χ1) is 18.7. The lowest BCUT2D eigenvalue weighted by Gasteiger charge is -2.62. The molecule has 3 aliphatic rings. The van der Waals surface area contributed by atoms with E-state index in [1.807, 2.05) is 20.8 Å². The first-order valence-corrected chi connectivity index (χ1v) is 13.8. The van der Waals surface area contributed by atoms with E-state index in [1.54, 1.807) is 12.2 Å². The summed E-state index contributed by atoms with van der Waals surface area (Å²) >= 11 is 0. The van der Waals surface area contributed by atoms with Crippen LogP contribution in [-0.4, -0.2) is 59.9 Å². The summed E-state index contributed by atoms with van der Waals surface area (Å²) in [5.41, 5.74) is -1.07. The maximum atomic E-state index is 12.6. The monoisotopic (exact) mass is 562 g/mol. The van der Waals surface area contributed by atoms with Crippen LogP contribution in [0.1, 0.15) is 73.6 Å². The number of hydrogen-bond donors (Lipinski definition) is 1. The lowest BCUT2D eigenvalue weighted by molar-refractivity contribution is -0.276. The van der Waals surface area contributed by atoms with Crippen LogP contribution in [0, 0.1) is 22.7 Å². The van der Waals surface area contributed by atoms with Crippen LogP contribution in [0.4, 0.5) is 0 Å². The van der Waals surface area contributed by atoms with Crippen molar-refractivity contribution in [3.8, 4) is 0 Å². The van der Waals surface area contributed by atoms with Gasteiger partial charge in [0.15, 0.2) is 0 Å². The molecule has 10 heteroatoms. The Kier molecular flexibility index (Phi) is 9.67. The number of esters is 4. The SMILES string of the molecule is C=CC(=C)CC[C@@]1(C)[C@@H](C)[C@@H](OC(C)=O)C(O)C23C(=C[C@@H](OC(=O)CCC)C[C@@H]21)[C@H](OC(C)=O)O[C@@H]3OC(C)=O. The molecule has 2 fully saturated rings. The third-order valence-electron chi connectivity index (χ3n) is 8.79. The molecule has 1 aliphatic heterocycles. The molecular weight excluding hydrogens is 520 g/mol. The van der Waals surface area contributed by atoms with Gasteiger partial charge in [0.1, 0.15) is 18.3 Å². The first kappa shape index (κ1) is 31.5. The van der Waals surface area contributed by atoms with E-state index in [9.17, 15) is 24.3 Å². The van der Waals surface area contributed by atoms with Gasteiger partial charge < -0.3 is 24.1 Å². The van der Waals surface area contributed by atoms with E-state index in [0.717, 1.165) is 5.57 Å². The van der Waals surface area contributed by atoms with Gasteiger partial charge in [-0.2, -0.15) is 0 Å². The zero-order valence-electron chi connectivity index (χ0n) is 24.3. The number of hydrogen-bond acceptors (Lipinski definition) is 10. The molecule has 3 rings (SSSR count). The maximum Gasteiger partial charge on any atom is 0.306 e. The highest BCUT2D eigenvalue weighted by Gasteiger charge is 2.74. The van der Waals surface area contributed by atoms with E-state index in [1.165, 1.54) is 20.8 Å². The van der Waals surface area contributed by atoms with Crippen LogP contribution < -0.4 is 0 Å². The van der Waals surface area contributed by atoms with Crippen molar-refractivity contribution in [2.24, 2.45) is 22.7 Å². The minimum Gasteiger partial charge on any atom is -0.459 e. The van der Waals surface area contributed by atoms with E-state index in [2.05, 4.69) is 13.2 Å². The number of ether oxygens (including phenoxy) is 5. The highest BCUT2D eigenvalue weighted by atomic mass is 16.8. The number of aliphatic hydroxyl groups excluding tert-OH is 1. The minimum absolute atomic E-state index is 0.222. The predicted octanol–water partition coefficient (Wildman–Crippen LogP) is 3.91. The van der Waals surface area contributed by atoms with Crippen molar-refractivity contribution >= 4 is 23.9 Å². The van der Waals surface area contributed by atoms with Crippen LogP contribution in [0.5, 0.6) is 0 Å². The molecular formula is C30H42O10. The van der Waals surface area contributed by atoms with Crippen molar-refractivity contribution in [1.82, 2.24) is 0 Å². The van der Waals surface area contributed by atoms with Crippen molar-refractivity contribution in [2.45, 2.75) is 105 Å². The summed E-state index contributed by atoms with van der Waals surface area (Å²) in [6.07, 6.45) is -0.399. The van der Waals surface area contributed by atoms with E-state index in [0.29, 0.717) is 24.8 Å². The Balaban J connectivity index is 2.30. The van der Waals surface area contributed by atoms with Crippen molar-refractivity contribution in [2.75, 3.05) is 0 Å². The molecule has 1 N–H and O–H groups in total. The van der Waals surface area contributed by atoms with Crippen molar-refractivity contribution in [3.63, 3.8) is 0 Å². The zero-order chi connectivity index (χ0) is 30.0. The molecule has 0 aromatic rings. The van der Waals surface area contributed by atoms with E-state index < -0.39 is 71.5 Å². The van der Waals surface area contributed by atoms with E-state index in [4.69, 9.17) is 23.7 Å². The fourth-order valence-electron chi connectivity index (χ4n) is 6.82. The third-order valence-corrected chi connectivity index (χ3v) is 8.79. The molecule has 1 spiro atoms. The molecule has 0 aromatic heterocycles. The fraction of sp³-hybridized carbons (Fsp3) is 0.667. The molecule has 0 aromatic carbocycles. The molecule has 1 saturated heterocycles. The lowest BCUT2D eigenvalue weighted by Crippen LogP contribution is -2.68. The normalized spacial score (nSPS) is 36.3. The van der Waals surface area contributed by atoms with Crippen LogP contribution in [0.25, 0.3) is 0 Å². The number of allylic oxidation sites excluding steroid dienone is 2. The quantitative estimate of drug-likeness (QED) is 0.181. The second kappa shape index (κ2) is 12.3. The maximum absolute atomic E-state index is 12.6. The number of rotatable bonds is 10. The van der Waals surface area contributed by atoms with Gasteiger partial charge in [-0.25, -0.2) is 0 Å². The Morgan fingerprint density at radius 1 is 1.07 bits per heavy atom. The molecule has 9 atom stereocenters. The summed E-state index contributed by atoms with van der Waals surface area (Å²) in [7, 11) is 0. The van der Waals surface area contributed by atoms with Gasteiger partial charge in [0.2, 0.25) is 12.6 Å². The van der Waals surface area contributed by atoms with Crippen LogP contribution in [0.15, 0.2) is 36.5 Å². The molecule has 1 heterocycles.